The van der Waals surface area contributed by atoms with Gasteiger partial charge < -0.3 is 14.5 Å². The van der Waals surface area contributed by atoms with Crippen LogP contribution < -0.4 is 10.1 Å². The van der Waals surface area contributed by atoms with Gasteiger partial charge in [-0.3, -0.25) is 9.36 Å². The average molecular weight is 506 g/mol. The molecule has 37 heavy (non-hydrogen) atoms. The van der Waals surface area contributed by atoms with Crippen molar-refractivity contribution in [1.82, 2.24) is 9.55 Å². The van der Waals surface area contributed by atoms with Gasteiger partial charge in [-0.25, -0.2) is 4.98 Å². The Morgan fingerprint density at radius 3 is 2.43 bits per heavy atom. The number of ether oxygens (including phenoxy) is 1. The maximum absolute atomic E-state index is 13.0. The Morgan fingerprint density at radius 1 is 0.919 bits per heavy atom. The first-order valence-electron chi connectivity index (χ1n) is 11.8. The highest BCUT2D eigenvalue weighted by atomic mass is 32.2. The van der Waals surface area contributed by atoms with E-state index >= 15 is 0 Å². The van der Waals surface area contributed by atoms with Gasteiger partial charge in [0.05, 0.1) is 30.4 Å². The molecule has 6 nitrogen and oxygen atoms in total. The van der Waals surface area contributed by atoms with Crippen LogP contribution in [0.1, 0.15) is 0 Å². The largest absolute Gasteiger partial charge is 0.495 e. The molecule has 0 saturated carbocycles. The number of hydrogen-bond acceptors (Lipinski definition) is 5. The highest BCUT2D eigenvalue weighted by molar-refractivity contribution is 7.99. The summed E-state index contributed by atoms with van der Waals surface area (Å²) in [5, 5.41) is 5.67. The number of thioether (sulfide) groups is 1. The lowest BCUT2D eigenvalue weighted by Crippen LogP contribution is -2.15. The van der Waals surface area contributed by atoms with Crippen LogP contribution in [0.5, 0.6) is 5.75 Å². The van der Waals surface area contributed by atoms with E-state index in [-0.39, 0.29) is 11.7 Å². The van der Waals surface area contributed by atoms with E-state index in [1.807, 2.05) is 91.1 Å². The van der Waals surface area contributed by atoms with Crippen molar-refractivity contribution >= 4 is 45.3 Å². The Kier molecular flexibility index (Phi) is 6.12. The second-order valence-electron chi connectivity index (χ2n) is 8.45. The second-order valence-corrected chi connectivity index (χ2v) is 9.39. The first kappa shape index (κ1) is 22.9. The van der Waals surface area contributed by atoms with Crippen LogP contribution in [0, 0.1) is 0 Å². The van der Waals surface area contributed by atoms with E-state index in [9.17, 15) is 4.79 Å². The summed E-state index contributed by atoms with van der Waals surface area (Å²) in [7, 11) is 1.59. The van der Waals surface area contributed by atoms with Gasteiger partial charge in [-0.2, -0.15) is 0 Å². The number of aromatic nitrogens is 2. The molecular formula is C30H23N3O3S. The van der Waals surface area contributed by atoms with Crippen LogP contribution in [0.3, 0.4) is 0 Å². The van der Waals surface area contributed by atoms with Gasteiger partial charge in [0.25, 0.3) is 0 Å². The number of nitrogens with one attached hydrogen (secondary N) is 1. The Morgan fingerprint density at radius 2 is 1.65 bits per heavy atom. The minimum Gasteiger partial charge on any atom is -0.495 e. The number of carbonyl (C=O) groups is 1. The lowest BCUT2D eigenvalue weighted by Gasteiger charge is -2.13. The van der Waals surface area contributed by atoms with Gasteiger partial charge in [-0.15, -0.1) is 0 Å². The van der Waals surface area contributed by atoms with Crippen LogP contribution in [0.25, 0.3) is 38.9 Å². The summed E-state index contributed by atoms with van der Waals surface area (Å²) in [6.07, 6.45) is 1.85. The lowest BCUT2D eigenvalue weighted by molar-refractivity contribution is -0.113. The summed E-state index contributed by atoms with van der Waals surface area (Å²) in [6, 6.07) is 31.7. The van der Waals surface area contributed by atoms with Crippen LogP contribution in [-0.4, -0.2) is 28.3 Å². The summed E-state index contributed by atoms with van der Waals surface area (Å²) in [5.41, 5.74) is 5.05. The van der Waals surface area contributed by atoms with E-state index in [1.54, 1.807) is 7.11 Å². The molecule has 6 rings (SSSR count). The molecule has 6 aromatic rings. The number of benzene rings is 4. The van der Waals surface area contributed by atoms with Crippen molar-refractivity contribution in [3.8, 4) is 22.7 Å². The fourth-order valence-electron chi connectivity index (χ4n) is 4.41. The topological polar surface area (TPSA) is 69.3 Å². The Balaban J connectivity index is 1.26. The van der Waals surface area contributed by atoms with Crippen LogP contribution in [0.4, 0.5) is 5.69 Å². The molecular weight excluding hydrogens is 482 g/mol. The van der Waals surface area contributed by atoms with Crippen molar-refractivity contribution in [2.45, 2.75) is 5.16 Å². The number of anilines is 1. The molecule has 0 radical (unpaired) electrons. The molecule has 0 fully saturated rings. The summed E-state index contributed by atoms with van der Waals surface area (Å²) < 4.78 is 13.7. The number of methoxy groups -OCH3 is 1. The number of amides is 1. The van der Waals surface area contributed by atoms with Crippen molar-refractivity contribution in [2.75, 3.05) is 18.2 Å². The number of para-hydroxylation sites is 2. The molecule has 182 valence electrons. The number of furan rings is 1. The van der Waals surface area contributed by atoms with E-state index in [2.05, 4.69) is 27.0 Å². The second kappa shape index (κ2) is 9.87. The van der Waals surface area contributed by atoms with Crippen LogP contribution in [0.2, 0.25) is 0 Å². The molecule has 0 atom stereocenters. The smallest absolute Gasteiger partial charge is 0.234 e. The van der Waals surface area contributed by atoms with Gasteiger partial charge in [0.1, 0.15) is 16.9 Å². The molecule has 1 N–H and O–H groups in total. The molecule has 0 aliphatic rings. The van der Waals surface area contributed by atoms with Crippen molar-refractivity contribution in [1.29, 1.82) is 0 Å². The fraction of sp³-hybridized carbons (Fsp3) is 0.0667. The highest BCUT2D eigenvalue weighted by Gasteiger charge is 2.17. The third-order valence-electron chi connectivity index (χ3n) is 6.12. The van der Waals surface area contributed by atoms with Crippen LogP contribution in [0.15, 0.2) is 113 Å². The van der Waals surface area contributed by atoms with Gasteiger partial charge >= 0.3 is 0 Å². The van der Waals surface area contributed by atoms with Crippen molar-refractivity contribution < 1.29 is 13.9 Å². The minimum absolute atomic E-state index is 0.164. The summed E-state index contributed by atoms with van der Waals surface area (Å²) in [4.78, 5) is 17.7. The zero-order chi connectivity index (χ0) is 25.2. The van der Waals surface area contributed by atoms with E-state index in [4.69, 9.17) is 9.15 Å². The predicted octanol–water partition coefficient (Wildman–Crippen LogP) is 7.18. The quantitative estimate of drug-likeness (QED) is 0.233. The van der Waals surface area contributed by atoms with Crippen molar-refractivity contribution in [3.63, 3.8) is 0 Å². The van der Waals surface area contributed by atoms with Gasteiger partial charge in [0.15, 0.2) is 5.16 Å². The zero-order valence-corrected chi connectivity index (χ0v) is 20.9. The number of carbonyl (C=O) groups excluding carboxylic acids is 1. The average Bonchev–Trinajstić information content (AvgIpc) is 3.53. The zero-order valence-electron chi connectivity index (χ0n) is 20.0. The summed E-state index contributed by atoms with van der Waals surface area (Å²) >= 11 is 1.38. The molecule has 0 aliphatic heterocycles. The van der Waals surface area contributed by atoms with E-state index in [0.717, 1.165) is 38.5 Å². The standard InChI is InChI=1S/C30H23N3O3S/c1-35-28-16-23-22-14-8-9-15-26(22)36-27(23)17-24(28)32-29(34)19-37-30-31-18-25(20-10-4-2-5-11-20)33(30)21-12-6-3-7-13-21/h2-18H,19H2,1H3,(H,32,34). The molecule has 1 amide bonds. The Labute approximate surface area is 217 Å². The number of fused-ring (bicyclic) bond motifs is 3. The maximum atomic E-state index is 13.0. The third-order valence-corrected chi connectivity index (χ3v) is 7.07. The Bertz CT molecular complexity index is 1710. The van der Waals surface area contributed by atoms with Crippen molar-refractivity contribution in [3.05, 3.63) is 103 Å². The van der Waals surface area contributed by atoms with Gasteiger partial charge in [0.2, 0.25) is 5.91 Å². The first-order valence-corrected chi connectivity index (χ1v) is 12.8. The fourth-order valence-corrected chi connectivity index (χ4v) is 5.20. The van der Waals surface area contributed by atoms with E-state index < -0.39 is 0 Å². The van der Waals surface area contributed by atoms with Gasteiger partial charge in [0, 0.05) is 28.1 Å². The van der Waals surface area contributed by atoms with Gasteiger partial charge in [-0.1, -0.05) is 78.5 Å². The lowest BCUT2D eigenvalue weighted by atomic mass is 10.1. The molecule has 4 aromatic carbocycles. The number of nitrogens with zero attached hydrogens (tertiary/aromatic N) is 2. The maximum Gasteiger partial charge on any atom is 0.234 e. The van der Waals surface area contributed by atoms with Gasteiger partial charge in [-0.05, 0) is 24.3 Å². The molecule has 0 aliphatic carbocycles. The highest BCUT2D eigenvalue weighted by Crippen LogP contribution is 2.36. The predicted molar refractivity (Wildman–Crippen MR) is 149 cm³/mol. The molecule has 0 spiro atoms. The number of hydrogen-bond donors (Lipinski definition) is 1. The van der Waals surface area contributed by atoms with Crippen molar-refractivity contribution in [2.24, 2.45) is 0 Å². The molecule has 0 saturated heterocycles. The summed E-state index contributed by atoms with van der Waals surface area (Å²) in [6.45, 7) is 0. The SMILES string of the molecule is COc1cc2c(cc1NC(=O)CSc1ncc(-c3ccccc3)n1-c1ccccc1)oc1ccccc12. The number of imidazole rings is 1. The molecule has 0 bridgehead atoms. The third kappa shape index (κ3) is 4.45. The van der Waals surface area contributed by atoms with Crippen LogP contribution >= 0.6 is 11.8 Å². The number of rotatable bonds is 7. The summed E-state index contributed by atoms with van der Waals surface area (Å²) in [5.74, 6) is 0.594. The molecule has 2 aromatic heterocycles. The first-order chi connectivity index (χ1) is 18.2. The monoisotopic (exact) mass is 505 g/mol. The molecule has 0 unspecified atom stereocenters. The molecule has 7 heteroatoms. The van der Waals surface area contributed by atoms with E-state index in [1.165, 1.54) is 11.8 Å². The minimum atomic E-state index is -0.164. The van der Waals surface area contributed by atoms with Crippen LogP contribution in [-0.2, 0) is 4.79 Å². The Hall–Kier alpha value is -4.49. The van der Waals surface area contributed by atoms with E-state index in [0.29, 0.717) is 17.0 Å². The molecule has 2 heterocycles. The normalized spacial score (nSPS) is 11.2.